The average molecular weight is 357 g/mol. The van der Waals surface area contributed by atoms with Crippen LogP contribution in [0.4, 0.5) is 5.82 Å². The minimum atomic E-state index is -3.65. The number of methoxy groups -OCH3 is 1. The predicted octanol–water partition coefficient (Wildman–Crippen LogP) is 2.96. The summed E-state index contributed by atoms with van der Waals surface area (Å²) in [7, 11) is -2.13. The highest BCUT2D eigenvalue weighted by Crippen LogP contribution is 2.20. The Morgan fingerprint density at radius 3 is 2.35 bits per heavy atom. The van der Waals surface area contributed by atoms with Crippen LogP contribution in [0.3, 0.4) is 0 Å². The molecule has 1 N–H and O–H groups in total. The molecule has 2 aromatic rings. The van der Waals surface area contributed by atoms with Crippen molar-refractivity contribution in [1.29, 1.82) is 0 Å². The van der Waals surface area contributed by atoms with E-state index < -0.39 is 10.0 Å². The van der Waals surface area contributed by atoms with Crippen LogP contribution >= 0.6 is 15.9 Å². The zero-order chi connectivity index (χ0) is 14.8. The number of aromatic nitrogens is 1. The summed E-state index contributed by atoms with van der Waals surface area (Å²) in [5, 5.41) is 0. The largest absolute Gasteiger partial charge is 0.497 e. The molecule has 0 fully saturated rings. The minimum absolute atomic E-state index is 0.153. The molecule has 5 nitrogen and oxygen atoms in total. The molecule has 1 aromatic heterocycles. The molecule has 0 amide bonds. The molecule has 20 heavy (non-hydrogen) atoms. The van der Waals surface area contributed by atoms with Gasteiger partial charge in [-0.15, -0.1) is 0 Å². The van der Waals surface area contributed by atoms with Crippen molar-refractivity contribution in [3.05, 3.63) is 46.6 Å². The molecule has 0 unspecified atom stereocenters. The van der Waals surface area contributed by atoms with Crippen LogP contribution < -0.4 is 9.46 Å². The molecule has 0 aliphatic carbocycles. The van der Waals surface area contributed by atoms with E-state index in [1.54, 1.807) is 31.2 Å². The van der Waals surface area contributed by atoms with E-state index in [0.717, 1.165) is 4.47 Å². The van der Waals surface area contributed by atoms with Crippen LogP contribution in [0.2, 0.25) is 0 Å². The van der Waals surface area contributed by atoms with Gasteiger partial charge in [-0.05, 0) is 59.3 Å². The highest BCUT2D eigenvalue weighted by molar-refractivity contribution is 9.10. The molecule has 106 valence electrons. The third-order valence-corrected chi connectivity index (χ3v) is 4.84. The van der Waals surface area contributed by atoms with Gasteiger partial charge in [-0.1, -0.05) is 0 Å². The van der Waals surface area contributed by atoms with Gasteiger partial charge in [0.1, 0.15) is 11.6 Å². The van der Waals surface area contributed by atoms with E-state index in [4.69, 9.17) is 4.74 Å². The van der Waals surface area contributed by atoms with Crippen LogP contribution in [0.1, 0.15) is 5.69 Å². The lowest BCUT2D eigenvalue weighted by molar-refractivity contribution is 0.414. The van der Waals surface area contributed by atoms with E-state index in [2.05, 4.69) is 25.6 Å². The first-order valence-corrected chi connectivity index (χ1v) is 8.00. The molecule has 0 bridgehead atoms. The molecule has 0 saturated heterocycles. The summed E-state index contributed by atoms with van der Waals surface area (Å²) >= 11 is 3.32. The van der Waals surface area contributed by atoms with Gasteiger partial charge >= 0.3 is 0 Å². The third-order valence-electron chi connectivity index (χ3n) is 2.63. The Labute approximate surface area is 126 Å². The maximum Gasteiger partial charge on any atom is 0.263 e. The van der Waals surface area contributed by atoms with Gasteiger partial charge in [-0.3, -0.25) is 4.72 Å². The van der Waals surface area contributed by atoms with Crippen molar-refractivity contribution in [3.8, 4) is 5.75 Å². The number of aryl methyl sites for hydroxylation is 1. The summed E-state index contributed by atoms with van der Waals surface area (Å²) < 4.78 is 32.6. The summed E-state index contributed by atoms with van der Waals surface area (Å²) in [5.41, 5.74) is 0.708. The van der Waals surface area contributed by atoms with Crippen LogP contribution in [0, 0.1) is 6.92 Å². The van der Waals surface area contributed by atoms with Gasteiger partial charge in [-0.25, -0.2) is 13.4 Å². The summed E-state index contributed by atoms with van der Waals surface area (Å²) in [6.07, 6.45) is 0. The smallest absolute Gasteiger partial charge is 0.263 e. The molecule has 0 spiro atoms. The Morgan fingerprint density at radius 1 is 1.15 bits per heavy atom. The van der Waals surface area contributed by atoms with Gasteiger partial charge in [-0.2, -0.15) is 0 Å². The lowest BCUT2D eigenvalue weighted by Crippen LogP contribution is -2.14. The molecule has 0 aliphatic rings. The highest BCUT2D eigenvalue weighted by Gasteiger charge is 2.15. The van der Waals surface area contributed by atoms with Gasteiger partial charge in [0.05, 0.1) is 17.7 Å². The van der Waals surface area contributed by atoms with E-state index in [1.807, 2.05) is 0 Å². The van der Waals surface area contributed by atoms with Crippen LogP contribution in [-0.2, 0) is 10.0 Å². The summed E-state index contributed by atoms with van der Waals surface area (Å²) in [5.74, 6) is 0.878. The highest BCUT2D eigenvalue weighted by atomic mass is 79.9. The first-order valence-electron chi connectivity index (χ1n) is 5.72. The average Bonchev–Trinajstić information content (AvgIpc) is 2.43. The van der Waals surface area contributed by atoms with Crippen molar-refractivity contribution in [2.24, 2.45) is 0 Å². The lowest BCUT2D eigenvalue weighted by atomic mass is 10.3. The number of nitrogens with zero attached hydrogens (tertiary/aromatic N) is 1. The lowest BCUT2D eigenvalue weighted by Gasteiger charge is -2.09. The van der Waals surface area contributed by atoms with E-state index >= 15 is 0 Å². The van der Waals surface area contributed by atoms with Crippen molar-refractivity contribution < 1.29 is 13.2 Å². The number of nitrogens with one attached hydrogen (secondary N) is 1. The SMILES string of the molecule is COc1ccc(S(=O)(=O)Nc2ccc(Br)c(C)n2)cc1. The van der Waals surface area contributed by atoms with Crippen molar-refractivity contribution in [2.75, 3.05) is 11.8 Å². The van der Waals surface area contributed by atoms with Crippen LogP contribution in [0.15, 0.2) is 45.8 Å². The Bertz CT molecular complexity index is 715. The number of ether oxygens (including phenoxy) is 1. The number of pyridine rings is 1. The number of rotatable bonds is 4. The van der Waals surface area contributed by atoms with Gasteiger partial charge in [0.25, 0.3) is 10.0 Å². The topological polar surface area (TPSA) is 68.3 Å². The predicted molar refractivity (Wildman–Crippen MR) is 80.5 cm³/mol. The second-order valence-corrected chi connectivity index (χ2v) is 6.58. The van der Waals surface area contributed by atoms with Crippen molar-refractivity contribution in [3.63, 3.8) is 0 Å². The fraction of sp³-hybridized carbons (Fsp3) is 0.154. The Kier molecular flexibility index (Phi) is 4.29. The van der Waals surface area contributed by atoms with Gasteiger partial charge < -0.3 is 4.74 Å². The summed E-state index contributed by atoms with van der Waals surface area (Å²) in [6, 6.07) is 9.48. The Balaban J connectivity index is 2.27. The molecule has 0 aliphatic heterocycles. The molecular formula is C13H13BrN2O3S. The van der Waals surface area contributed by atoms with Gasteiger partial charge in [0.2, 0.25) is 0 Å². The molecule has 7 heteroatoms. The van der Waals surface area contributed by atoms with Gasteiger partial charge in [0, 0.05) is 4.47 Å². The summed E-state index contributed by atoms with van der Waals surface area (Å²) in [6.45, 7) is 1.79. The quantitative estimate of drug-likeness (QED) is 0.914. The minimum Gasteiger partial charge on any atom is -0.497 e. The number of hydrogen-bond acceptors (Lipinski definition) is 4. The second-order valence-electron chi connectivity index (χ2n) is 4.04. The molecule has 0 radical (unpaired) electrons. The van der Waals surface area contributed by atoms with Crippen molar-refractivity contribution in [2.45, 2.75) is 11.8 Å². The van der Waals surface area contributed by atoms with Crippen LogP contribution in [0.5, 0.6) is 5.75 Å². The Hall–Kier alpha value is -1.60. The van der Waals surface area contributed by atoms with Crippen LogP contribution in [-0.4, -0.2) is 20.5 Å². The number of hydrogen-bond donors (Lipinski definition) is 1. The molecule has 0 saturated carbocycles. The first kappa shape index (κ1) is 14.8. The maximum absolute atomic E-state index is 12.2. The van der Waals surface area contributed by atoms with Gasteiger partial charge in [0.15, 0.2) is 0 Å². The fourth-order valence-electron chi connectivity index (χ4n) is 1.55. The third kappa shape index (κ3) is 3.29. The first-order chi connectivity index (χ1) is 9.42. The van der Waals surface area contributed by atoms with E-state index in [0.29, 0.717) is 11.4 Å². The standard InChI is InChI=1S/C13H13BrN2O3S/c1-9-12(14)7-8-13(15-9)16-20(17,18)11-5-3-10(19-2)4-6-11/h3-8H,1-2H3,(H,15,16). The van der Waals surface area contributed by atoms with Crippen LogP contribution in [0.25, 0.3) is 0 Å². The van der Waals surface area contributed by atoms with E-state index in [-0.39, 0.29) is 10.7 Å². The number of benzene rings is 1. The van der Waals surface area contributed by atoms with Crippen molar-refractivity contribution >= 4 is 31.8 Å². The molecule has 1 aromatic carbocycles. The number of halogens is 1. The monoisotopic (exact) mass is 356 g/mol. The number of anilines is 1. The second kappa shape index (κ2) is 5.80. The number of sulfonamides is 1. The molecule has 1 heterocycles. The van der Waals surface area contributed by atoms with E-state index in [9.17, 15) is 8.42 Å². The summed E-state index contributed by atoms with van der Waals surface area (Å²) in [4.78, 5) is 4.31. The zero-order valence-electron chi connectivity index (χ0n) is 10.9. The normalized spacial score (nSPS) is 11.2. The molecule has 2 rings (SSSR count). The maximum atomic E-state index is 12.2. The molecular weight excluding hydrogens is 344 g/mol. The Morgan fingerprint density at radius 2 is 1.80 bits per heavy atom. The van der Waals surface area contributed by atoms with Crippen molar-refractivity contribution in [1.82, 2.24) is 4.98 Å². The zero-order valence-corrected chi connectivity index (χ0v) is 13.3. The van der Waals surface area contributed by atoms with E-state index in [1.165, 1.54) is 19.2 Å². The molecule has 0 atom stereocenters. The fourth-order valence-corrected chi connectivity index (χ4v) is 2.77.